The van der Waals surface area contributed by atoms with Crippen molar-refractivity contribution in [2.24, 2.45) is 5.92 Å². The number of carbonyl (C=O) groups excluding carboxylic acids is 1. The van der Waals surface area contributed by atoms with Crippen molar-refractivity contribution in [3.8, 4) is 0 Å². The van der Waals surface area contributed by atoms with Crippen LogP contribution in [0.25, 0.3) is 0 Å². The number of nitrogens with zero attached hydrogens (tertiary/aromatic N) is 1. The van der Waals surface area contributed by atoms with Crippen LogP contribution in [0.1, 0.15) is 31.4 Å². The normalized spacial score (nSPS) is 29.8. The maximum absolute atomic E-state index is 12.1. The van der Waals surface area contributed by atoms with Gasteiger partial charge in [0, 0.05) is 12.6 Å². The van der Waals surface area contributed by atoms with Crippen molar-refractivity contribution < 1.29 is 4.79 Å². The second kappa shape index (κ2) is 5.83. The molecule has 0 spiro atoms. The molecule has 3 aliphatic heterocycles. The first-order chi connectivity index (χ1) is 9.72. The molecule has 3 saturated heterocycles. The predicted octanol–water partition coefficient (Wildman–Crippen LogP) is 2.14. The number of amides is 2. The molecule has 3 aliphatic rings. The van der Waals surface area contributed by atoms with Crippen LogP contribution < -0.4 is 10.6 Å². The molecule has 20 heavy (non-hydrogen) atoms. The zero-order valence-electron chi connectivity index (χ0n) is 12.0. The van der Waals surface area contributed by atoms with Crippen LogP contribution in [-0.4, -0.2) is 36.6 Å². The highest BCUT2D eigenvalue weighted by Gasteiger charge is 2.34. The van der Waals surface area contributed by atoms with E-state index in [9.17, 15) is 4.79 Å². The molecule has 0 saturated carbocycles. The Labute approximate surface area is 120 Å². The van der Waals surface area contributed by atoms with Crippen molar-refractivity contribution in [3.05, 3.63) is 35.9 Å². The smallest absolute Gasteiger partial charge is 0.315 e. The standard InChI is InChI=1S/C16H23N3O/c1-12(13-5-3-2-4-6-13)17-16(20)18-15-11-19-9-7-14(15)8-10-19/h2-6,12,14-15H,7-11H2,1H3,(H2,17,18,20)/t12-,15+/m1/s1. The average Bonchev–Trinajstić information content (AvgIpc) is 2.49. The molecule has 0 aliphatic carbocycles. The third-order valence-corrected chi connectivity index (χ3v) is 4.62. The van der Waals surface area contributed by atoms with Crippen LogP contribution in [0.3, 0.4) is 0 Å². The number of fused-ring (bicyclic) bond motifs is 3. The summed E-state index contributed by atoms with van der Waals surface area (Å²) in [4.78, 5) is 14.6. The van der Waals surface area contributed by atoms with Gasteiger partial charge in [0.15, 0.2) is 0 Å². The highest BCUT2D eigenvalue weighted by atomic mass is 16.2. The van der Waals surface area contributed by atoms with Crippen molar-refractivity contribution in [1.82, 2.24) is 15.5 Å². The van der Waals surface area contributed by atoms with E-state index in [4.69, 9.17) is 0 Å². The van der Waals surface area contributed by atoms with Gasteiger partial charge in [0.25, 0.3) is 0 Å². The van der Waals surface area contributed by atoms with Gasteiger partial charge in [0.1, 0.15) is 0 Å². The first-order valence-corrected chi connectivity index (χ1v) is 7.56. The van der Waals surface area contributed by atoms with Crippen LogP contribution in [-0.2, 0) is 0 Å². The van der Waals surface area contributed by atoms with E-state index >= 15 is 0 Å². The summed E-state index contributed by atoms with van der Waals surface area (Å²) in [5.74, 6) is 0.665. The minimum atomic E-state index is -0.0416. The summed E-state index contributed by atoms with van der Waals surface area (Å²) < 4.78 is 0. The number of nitrogens with one attached hydrogen (secondary N) is 2. The van der Waals surface area contributed by atoms with Gasteiger partial charge in [0.2, 0.25) is 0 Å². The van der Waals surface area contributed by atoms with E-state index in [0.717, 1.165) is 12.1 Å². The van der Waals surface area contributed by atoms with Crippen LogP contribution in [0.5, 0.6) is 0 Å². The molecule has 0 unspecified atom stereocenters. The van der Waals surface area contributed by atoms with Crippen LogP contribution >= 0.6 is 0 Å². The van der Waals surface area contributed by atoms with Gasteiger partial charge in [-0.1, -0.05) is 30.3 Å². The average molecular weight is 273 g/mol. The zero-order chi connectivity index (χ0) is 13.9. The highest BCUT2D eigenvalue weighted by Crippen LogP contribution is 2.27. The Hall–Kier alpha value is -1.55. The van der Waals surface area contributed by atoms with E-state index in [0.29, 0.717) is 12.0 Å². The maximum atomic E-state index is 12.1. The lowest BCUT2D eigenvalue weighted by atomic mass is 9.84. The van der Waals surface area contributed by atoms with Gasteiger partial charge in [-0.05, 0) is 44.3 Å². The molecule has 108 valence electrons. The summed E-state index contributed by atoms with van der Waals surface area (Å²) in [6.45, 7) is 5.43. The summed E-state index contributed by atoms with van der Waals surface area (Å²) in [7, 11) is 0. The first-order valence-electron chi connectivity index (χ1n) is 7.56. The number of piperidine rings is 3. The molecule has 4 heteroatoms. The molecule has 4 rings (SSSR count). The highest BCUT2D eigenvalue weighted by molar-refractivity contribution is 5.74. The van der Waals surface area contributed by atoms with Gasteiger partial charge >= 0.3 is 6.03 Å². The van der Waals surface area contributed by atoms with Gasteiger partial charge in [-0.15, -0.1) is 0 Å². The summed E-state index contributed by atoms with van der Waals surface area (Å²) in [6, 6.07) is 10.4. The van der Waals surface area contributed by atoms with Gasteiger partial charge in [0.05, 0.1) is 6.04 Å². The minimum Gasteiger partial charge on any atom is -0.334 e. The number of hydrogen-bond acceptors (Lipinski definition) is 2. The predicted molar refractivity (Wildman–Crippen MR) is 79.5 cm³/mol. The van der Waals surface area contributed by atoms with Crippen LogP contribution in [0.2, 0.25) is 0 Å². The van der Waals surface area contributed by atoms with E-state index in [-0.39, 0.29) is 12.1 Å². The molecule has 3 fully saturated rings. The molecular weight excluding hydrogens is 250 g/mol. The molecule has 0 aromatic heterocycles. The quantitative estimate of drug-likeness (QED) is 0.886. The van der Waals surface area contributed by atoms with E-state index in [1.807, 2.05) is 37.3 Å². The van der Waals surface area contributed by atoms with Crippen LogP contribution in [0.15, 0.2) is 30.3 Å². The van der Waals surface area contributed by atoms with Crippen molar-refractivity contribution in [3.63, 3.8) is 0 Å². The number of urea groups is 1. The minimum absolute atomic E-state index is 0.0392. The third-order valence-electron chi connectivity index (χ3n) is 4.62. The molecule has 2 bridgehead atoms. The summed E-state index contributed by atoms with van der Waals surface area (Å²) >= 11 is 0. The lowest BCUT2D eigenvalue weighted by molar-refractivity contribution is 0.0764. The Morgan fingerprint density at radius 3 is 2.55 bits per heavy atom. The largest absolute Gasteiger partial charge is 0.334 e. The fraction of sp³-hybridized carbons (Fsp3) is 0.562. The number of rotatable bonds is 3. The van der Waals surface area contributed by atoms with Crippen LogP contribution in [0, 0.1) is 5.92 Å². The van der Waals surface area contributed by atoms with Gasteiger partial charge < -0.3 is 15.5 Å². The van der Waals surface area contributed by atoms with Gasteiger partial charge in [-0.2, -0.15) is 0 Å². The van der Waals surface area contributed by atoms with Crippen LogP contribution in [0.4, 0.5) is 4.79 Å². The summed E-state index contributed by atoms with van der Waals surface area (Å²) in [5.41, 5.74) is 1.14. The first kappa shape index (κ1) is 13.4. The Balaban J connectivity index is 1.52. The number of benzene rings is 1. The summed E-state index contributed by atoms with van der Waals surface area (Å²) in [6.07, 6.45) is 2.44. The number of carbonyl (C=O) groups is 1. The molecule has 4 nitrogen and oxygen atoms in total. The molecular formula is C16H23N3O. The third kappa shape index (κ3) is 2.96. The topological polar surface area (TPSA) is 44.4 Å². The Morgan fingerprint density at radius 1 is 1.25 bits per heavy atom. The lowest BCUT2D eigenvalue weighted by Crippen LogP contribution is -2.58. The molecule has 3 heterocycles. The molecule has 2 atom stereocenters. The Kier molecular flexibility index (Phi) is 3.92. The maximum Gasteiger partial charge on any atom is 0.315 e. The van der Waals surface area contributed by atoms with Crippen molar-refractivity contribution >= 4 is 6.03 Å². The van der Waals surface area contributed by atoms with E-state index < -0.39 is 0 Å². The van der Waals surface area contributed by atoms with E-state index in [1.165, 1.54) is 25.9 Å². The van der Waals surface area contributed by atoms with E-state index in [1.54, 1.807) is 0 Å². The second-order valence-corrected chi connectivity index (χ2v) is 5.99. The van der Waals surface area contributed by atoms with Gasteiger partial charge in [-0.3, -0.25) is 0 Å². The molecule has 1 aromatic rings. The van der Waals surface area contributed by atoms with Crippen molar-refractivity contribution in [1.29, 1.82) is 0 Å². The van der Waals surface area contributed by atoms with Crippen molar-refractivity contribution in [2.75, 3.05) is 19.6 Å². The lowest BCUT2D eigenvalue weighted by Gasteiger charge is -2.44. The monoisotopic (exact) mass is 273 g/mol. The molecule has 2 N–H and O–H groups in total. The molecule has 1 aromatic carbocycles. The fourth-order valence-corrected chi connectivity index (χ4v) is 3.36. The fourth-order valence-electron chi connectivity index (χ4n) is 3.36. The molecule has 2 amide bonds. The summed E-state index contributed by atoms with van der Waals surface area (Å²) in [5, 5.41) is 6.19. The Morgan fingerprint density at radius 2 is 1.95 bits per heavy atom. The second-order valence-electron chi connectivity index (χ2n) is 5.99. The van der Waals surface area contributed by atoms with E-state index in [2.05, 4.69) is 15.5 Å². The molecule has 0 radical (unpaired) electrons. The zero-order valence-corrected chi connectivity index (χ0v) is 12.0. The Bertz CT molecular complexity index is 454. The van der Waals surface area contributed by atoms with Gasteiger partial charge in [-0.25, -0.2) is 4.79 Å². The SMILES string of the molecule is C[C@@H](NC(=O)N[C@H]1CN2CCC1CC2)c1ccccc1. The van der Waals surface area contributed by atoms with Crippen molar-refractivity contribution in [2.45, 2.75) is 31.8 Å². The number of hydrogen-bond donors (Lipinski definition) is 2.